The largest absolute Gasteiger partial charge is 0.417 e. The SMILES string of the molecule is O=[N+]([O-])C1=CC(=[N+]([O-])O)c2cccnc2[C@]12SC1=CC=CC=CC1=[N+]2Cc1ccccc1. The van der Waals surface area contributed by atoms with Crippen LogP contribution < -0.4 is 0 Å². The Kier molecular flexibility index (Phi) is 4.75. The number of allylic oxidation sites excluding steroid dienone is 7. The van der Waals surface area contributed by atoms with Crippen molar-refractivity contribution < 1.29 is 19.6 Å². The predicted octanol–water partition coefficient (Wildman–Crippen LogP) is 3.51. The van der Waals surface area contributed by atoms with Gasteiger partial charge >= 0.3 is 10.6 Å². The molecule has 1 aromatic heterocycles. The number of nitro groups is 1. The summed E-state index contributed by atoms with van der Waals surface area (Å²) in [6.45, 7) is 0.377. The van der Waals surface area contributed by atoms with Gasteiger partial charge < -0.3 is 5.21 Å². The second-order valence-electron chi connectivity index (χ2n) is 7.32. The van der Waals surface area contributed by atoms with E-state index in [-0.39, 0.29) is 16.3 Å². The first-order valence-electron chi connectivity index (χ1n) is 9.81. The fraction of sp³-hybridized carbons (Fsp3) is 0.0870. The lowest BCUT2D eigenvalue weighted by atomic mass is 9.92. The van der Waals surface area contributed by atoms with Crippen LogP contribution in [0.2, 0.25) is 0 Å². The van der Waals surface area contributed by atoms with E-state index >= 15 is 0 Å². The lowest BCUT2D eigenvalue weighted by molar-refractivity contribution is -0.725. The summed E-state index contributed by atoms with van der Waals surface area (Å²) in [5, 5.41) is 33.9. The van der Waals surface area contributed by atoms with Gasteiger partial charge in [0, 0.05) is 22.7 Å². The van der Waals surface area contributed by atoms with Crippen LogP contribution in [0.25, 0.3) is 0 Å². The maximum atomic E-state index is 12.4. The summed E-state index contributed by atoms with van der Waals surface area (Å²) in [5.41, 5.74) is 2.01. The lowest BCUT2D eigenvalue weighted by Crippen LogP contribution is -2.44. The highest BCUT2D eigenvalue weighted by Gasteiger charge is 2.66. The molecule has 158 valence electrons. The van der Waals surface area contributed by atoms with Gasteiger partial charge in [-0.1, -0.05) is 48.6 Å². The predicted molar refractivity (Wildman–Crippen MR) is 120 cm³/mol. The molecule has 0 saturated carbocycles. The number of hydrogen-bond donors (Lipinski definition) is 1. The second-order valence-corrected chi connectivity index (χ2v) is 8.56. The minimum absolute atomic E-state index is 0.216. The molecule has 0 fully saturated rings. The second kappa shape index (κ2) is 7.61. The van der Waals surface area contributed by atoms with Crippen molar-refractivity contribution in [1.29, 1.82) is 0 Å². The number of pyridine rings is 1. The number of nitrogens with zero attached hydrogens (tertiary/aromatic N) is 4. The van der Waals surface area contributed by atoms with Crippen molar-refractivity contribution in [1.82, 2.24) is 4.98 Å². The molecule has 0 unspecified atom stereocenters. The zero-order valence-electron chi connectivity index (χ0n) is 16.7. The van der Waals surface area contributed by atoms with Gasteiger partial charge in [0.25, 0.3) is 5.71 Å². The Morgan fingerprint density at radius 1 is 1.09 bits per heavy atom. The van der Waals surface area contributed by atoms with Crippen LogP contribution in [0.5, 0.6) is 0 Å². The molecular weight excluding hydrogens is 428 g/mol. The standard InChI is InChI=1S/C23H17N4O4S/c28-26(29)19-14-21(27(30)31)23(22-17(19)10-7-13-24-22)25(15-16-8-3-1-4-9-16)18-11-5-2-6-12-20(18)32-23/h1-14H,15H2,(H,28,29)/q+1/t23-/m1/s1. The molecule has 9 heteroatoms. The minimum Gasteiger partial charge on any atom is -0.417 e. The molecule has 1 atom stereocenters. The van der Waals surface area contributed by atoms with E-state index < -0.39 is 9.79 Å². The number of aromatic nitrogens is 1. The zero-order chi connectivity index (χ0) is 22.3. The van der Waals surface area contributed by atoms with E-state index in [1.807, 2.05) is 65.3 Å². The first kappa shape index (κ1) is 20.0. The van der Waals surface area contributed by atoms with Gasteiger partial charge in [-0.05, 0) is 30.0 Å². The monoisotopic (exact) mass is 445 g/mol. The molecule has 0 bridgehead atoms. The van der Waals surface area contributed by atoms with Gasteiger partial charge in [-0.3, -0.25) is 20.3 Å². The van der Waals surface area contributed by atoms with Crippen molar-refractivity contribution in [3.8, 4) is 0 Å². The molecule has 1 spiro atoms. The van der Waals surface area contributed by atoms with Gasteiger partial charge in [0.15, 0.2) is 6.54 Å². The molecule has 0 amide bonds. The van der Waals surface area contributed by atoms with Crippen LogP contribution in [-0.2, 0) is 11.4 Å². The molecule has 0 saturated heterocycles. The van der Waals surface area contributed by atoms with Crippen molar-refractivity contribution in [2.75, 3.05) is 0 Å². The molecule has 0 radical (unpaired) electrons. The Morgan fingerprint density at radius 3 is 2.66 bits per heavy atom. The normalized spacial score (nSPS) is 22.8. The Hall–Kier alpha value is -3.98. The number of fused-ring (bicyclic) bond motifs is 3. The van der Waals surface area contributed by atoms with Crippen molar-refractivity contribution in [2.24, 2.45) is 0 Å². The van der Waals surface area contributed by atoms with E-state index in [0.29, 0.717) is 17.8 Å². The quantitative estimate of drug-likeness (QED) is 0.255. The van der Waals surface area contributed by atoms with Gasteiger partial charge in [-0.25, -0.2) is 0 Å². The van der Waals surface area contributed by atoms with E-state index in [1.54, 1.807) is 12.1 Å². The molecule has 5 rings (SSSR count). The third kappa shape index (κ3) is 2.97. The highest BCUT2D eigenvalue weighted by atomic mass is 32.2. The molecule has 8 nitrogen and oxygen atoms in total. The zero-order valence-corrected chi connectivity index (χ0v) is 17.5. The fourth-order valence-electron chi connectivity index (χ4n) is 4.19. The summed E-state index contributed by atoms with van der Waals surface area (Å²) >= 11 is 1.31. The smallest absolute Gasteiger partial charge is 0.347 e. The van der Waals surface area contributed by atoms with Gasteiger partial charge in [-0.2, -0.15) is 4.58 Å². The highest BCUT2D eigenvalue weighted by Crippen LogP contribution is 2.55. The molecule has 2 aliphatic carbocycles. The number of rotatable bonds is 3. The van der Waals surface area contributed by atoms with Gasteiger partial charge in [0.2, 0.25) is 5.71 Å². The summed E-state index contributed by atoms with van der Waals surface area (Å²) in [4.78, 5) is 15.5. The van der Waals surface area contributed by atoms with Crippen LogP contribution in [-0.4, -0.2) is 36.0 Å². The van der Waals surface area contributed by atoms with Crippen molar-refractivity contribution in [2.45, 2.75) is 11.4 Å². The lowest BCUT2D eigenvalue weighted by Gasteiger charge is -2.26. The average Bonchev–Trinajstić information content (AvgIpc) is 2.93. The van der Waals surface area contributed by atoms with Crippen LogP contribution in [0, 0.1) is 15.3 Å². The van der Waals surface area contributed by atoms with Gasteiger partial charge in [-0.15, -0.1) is 0 Å². The molecule has 2 heterocycles. The third-order valence-electron chi connectivity index (χ3n) is 5.52. The van der Waals surface area contributed by atoms with Crippen molar-refractivity contribution >= 4 is 23.2 Å². The average molecular weight is 445 g/mol. The molecule has 1 aliphatic heterocycles. The summed E-state index contributed by atoms with van der Waals surface area (Å²) in [7, 11) is 0. The first-order chi connectivity index (χ1) is 15.5. The highest BCUT2D eigenvalue weighted by molar-refractivity contribution is 8.05. The fourth-order valence-corrected chi connectivity index (χ4v) is 5.70. The topological polar surface area (TPSA) is 105 Å². The maximum absolute atomic E-state index is 12.4. The van der Waals surface area contributed by atoms with Crippen LogP contribution in [0.15, 0.2) is 95.7 Å². The summed E-state index contributed by atoms with van der Waals surface area (Å²) in [6.07, 6.45) is 12.2. The number of hydrogen-bond acceptors (Lipinski definition) is 6. The summed E-state index contributed by atoms with van der Waals surface area (Å²) in [5.74, 6) is 0. The Bertz CT molecular complexity index is 1320. The molecule has 1 N–H and O–H groups in total. The van der Waals surface area contributed by atoms with E-state index in [1.165, 1.54) is 18.0 Å². The van der Waals surface area contributed by atoms with E-state index in [9.17, 15) is 20.5 Å². The molecular formula is C23H17N4O4S+. The van der Waals surface area contributed by atoms with Gasteiger partial charge in [0.1, 0.15) is 5.69 Å². The Morgan fingerprint density at radius 2 is 1.91 bits per heavy atom. The summed E-state index contributed by atoms with van der Waals surface area (Å²) < 4.78 is 1.95. The van der Waals surface area contributed by atoms with Crippen LogP contribution in [0.3, 0.4) is 0 Å². The Labute approximate surface area is 187 Å². The van der Waals surface area contributed by atoms with E-state index in [0.717, 1.165) is 22.3 Å². The van der Waals surface area contributed by atoms with Gasteiger partial charge in [0.05, 0.1) is 21.5 Å². The third-order valence-corrected chi connectivity index (χ3v) is 7.00. The minimum atomic E-state index is -1.33. The molecule has 1 aromatic carbocycles. The van der Waals surface area contributed by atoms with Crippen molar-refractivity contribution in [3.63, 3.8) is 0 Å². The number of thioether (sulfide) groups is 1. The van der Waals surface area contributed by atoms with E-state index in [2.05, 4.69) is 4.98 Å². The molecule has 2 aromatic rings. The first-order valence-corrected chi connectivity index (χ1v) is 10.6. The Balaban J connectivity index is 1.85. The van der Waals surface area contributed by atoms with Crippen molar-refractivity contribution in [3.05, 3.63) is 128 Å². The van der Waals surface area contributed by atoms with E-state index in [4.69, 9.17) is 0 Å². The molecule has 3 aliphatic rings. The van der Waals surface area contributed by atoms with Crippen LogP contribution in [0.1, 0.15) is 16.8 Å². The van der Waals surface area contributed by atoms with Crippen LogP contribution >= 0.6 is 11.8 Å². The maximum Gasteiger partial charge on any atom is 0.347 e. The summed E-state index contributed by atoms with van der Waals surface area (Å²) in [6, 6.07) is 12.9. The van der Waals surface area contributed by atoms with Crippen LogP contribution in [0.4, 0.5) is 0 Å². The molecule has 32 heavy (non-hydrogen) atoms. The number of benzene rings is 1.